The van der Waals surface area contributed by atoms with Gasteiger partial charge in [0.25, 0.3) is 0 Å². The van der Waals surface area contributed by atoms with Crippen molar-refractivity contribution in [1.29, 1.82) is 0 Å². The molecule has 0 unspecified atom stereocenters. The fraction of sp³-hybridized carbons (Fsp3) is 0.234. The van der Waals surface area contributed by atoms with E-state index in [1.807, 2.05) is 12.1 Å². The molecule has 422 valence electrons. The number of nitrogens with zero attached hydrogens (tertiary/aromatic N) is 3. The summed E-state index contributed by atoms with van der Waals surface area (Å²) in [6, 6.07) is 66.5. The summed E-state index contributed by atoms with van der Waals surface area (Å²) in [6.07, 6.45) is 0. The molecule has 0 aliphatic heterocycles. The number of phenolic OH excluding ortho intramolecular Hbond substituents is 2. The third kappa shape index (κ3) is 11.5. The van der Waals surface area contributed by atoms with Gasteiger partial charge >= 0.3 is 0 Å². The van der Waals surface area contributed by atoms with Crippen LogP contribution in [0, 0.1) is 28.7 Å². The van der Waals surface area contributed by atoms with Crippen molar-refractivity contribution in [2.45, 2.75) is 119 Å². The average molecular weight is 1260 g/mol. The molecule has 0 fully saturated rings. The van der Waals surface area contributed by atoms with Crippen LogP contribution >= 0.6 is 0 Å². The molecule has 3 heterocycles. The molecule has 0 saturated carbocycles. The van der Waals surface area contributed by atoms with Crippen LogP contribution in [0.3, 0.4) is 0 Å². The Morgan fingerprint density at radius 3 is 0.976 bits per heavy atom. The van der Waals surface area contributed by atoms with E-state index in [1.165, 1.54) is 22.3 Å². The number of pyridine rings is 1. The van der Waals surface area contributed by atoms with Crippen LogP contribution in [-0.4, -0.2) is 24.3 Å². The van der Waals surface area contributed by atoms with Gasteiger partial charge in [0.15, 0.2) is 0 Å². The van der Waals surface area contributed by atoms with Crippen molar-refractivity contribution in [1.82, 2.24) is 14.1 Å². The number of benzene rings is 8. The predicted molar refractivity (Wildman–Crippen MR) is 351 cm³/mol. The minimum absolute atomic E-state index is 0. The second-order valence-electron chi connectivity index (χ2n) is 26.2. The Morgan fingerprint density at radius 1 is 0.349 bits per heavy atom. The number of hydrogen-bond donors (Lipinski definition) is 2. The van der Waals surface area contributed by atoms with E-state index in [1.54, 1.807) is 0 Å². The van der Waals surface area contributed by atoms with Crippen molar-refractivity contribution in [3.8, 4) is 90.2 Å². The van der Waals surface area contributed by atoms with Gasteiger partial charge < -0.3 is 34.2 Å². The Morgan fingerprint density at radius 2 is 0.651 bits per heavy atom. The van der Waals surface area contributed by atoms with Gasteiger partial charge in [-0.25, -0.2) is 4.98 Å². The minimum Gasteiger partial charge on any atom is -0.507 e. The molecule has 0 atom stereocenters. The van der Waals surface area contributed by atoms with Crippen molar-refractivity contribution in [2.24, 2.45) is 0 Å². The summed E-state index contributed by atoms with van der Waals surface area (Å²) in [4.78, 5) is 5.83. The van der Waals surface area contributed by atoms with Crippen LogP contribution in [0.25, 0.3) is 100 Å². The molecule has 11 rings (SSSR count). The maximum Gasteiger partial charge on any atom is 0.132 e. The van der Waals surface area contributed by atoms with Crippen molar-refractivity contribution in [2.75, 3.05) is 0 Å². The van der Waals surface area contributed by atoms with Crippen molar-refractivity contribution < 1.29 is 36.1 Å². The first-order valence-electron chi connectivity index (χ1n) is 28.2. The van der Waals surface area contributed by atoms with Crippen LogP contribution in [0.5, 0.6) is 11.5 Å². The molecular formula is C77H81HfN3O2-2. The molecule has 2 N–H and O–H groups in total. The van der Waals surface area contributed by atoms with Crippen LogP contribution < -0.4 is 0 Å². The van der Waals surface area contributed by atoms with Gasteiger partial charge in [-0.3, -0.25) is 0 Å². The van der Waals surface area contributed by atoms with Crippen molar-refractivity contribution in [3.05, 3.63) is 236 Å². The molecular weight excluding hydrogens is 1180 g/mol. The third-order valence-electron chi connectivity index (χ3n) is 16.0. The Hall–Kier alpha value is -7.54. The van der Waals surface area contributed by atoms with Crippen molar-refractivity contribution >= 4 is 21.8 Å². The van der Waals surface area contributed by atoms with Crippen LogP contribution in [0.15, 0.2) is 188 Å². The second-order valence-corrected chi connectivity index (χ2v) is 26.2. The maximum absolute atomic E-state index is 13.2. The number of aromatic nitrogens is 3. The monoisotopic (exact) mass is 1260 g/mol. The number of hydrogen-bond acceptors (Lipinski definition) is 3. The van der Waals surface area contributed by atoms with Gasteiger partial charge in [0, 0.05) is 81.4 Å². The van der Waals surface area contributed by atoms with E-state index < -0.39 is 0 Å². The smallest absolute Gasteiger partial charge is 0.132 e. The van der Waals surface area contributed by atoms with E-state index in [2.05, 4.69) is 282 Å². The minimum atomic E-state index is -0.121. The number of fused-ring (bicyclic) bond motifs is 2. The van der Waals surface area contributed by atoms with Crippen molar-refractivity contribution in [3.63, 3.8) is 0 Å². The number of aromatic hydroxyl groups is 2. The first-order chi connectivity index (χ1) is 37.9. The van der Waals surface area contributed by atoms with Gasteiger partial charge in [0.1, 0.15) is 11.5 Å². The summed E-state index contributed by atoms with van der Waals surface area (Å²) in [5.74, 6) is 0.418. The Balaban J connectivity index is 0.00000300. The number of phenols is 2. The first-order valence-corrected chi connectivity index (χ1v) is 28.2. The van der Waals surface area contributed by atoms with Gasteiger partial charge in [0.05, 0.1) is 33.8 Å². The molecule has 8 aromatic carbocycles. The summed E-state index contributed by atoms with van der Waals surface area (Å²) in [5, 5.41) is 28.4. The standard InChI is InChI=1S/C75H75N3O2.2CH3.Hf/c1-46-36-58(48-40-50(72(3,4)5)44-51(41-48)73(6,7)8)70(79)60(38-46)68-66(56-30-21-23-34-64(56)77(68)54-26-17-15-18-27-54)62-32-25-33-63(76-62)67-57-31-22-24-35-65(57)78(55-28-19-16-20-29-55)69(67)61-39-47(2)37-59(71(61)80)49-42-52(74(9,10)11)45-53(43-49)75(12,13)14;;;/h15-45,79-80H,1-14H3;2*1H3;/q;2*-1;. The van der Waals surface area contributed by atoms with E-state index in [-0.39, 0.29) is 73.9 Å². The molecule has 0 radical (unpaired) electrons. The number of aryl methyl sites for hydroxylation is 2. The molecule has 11 aromatic rings. The second kappa shape index (κ2) is 22.9. The average Bonchev–Trinajstić information content (AvgIpc) is 3.72. The zero-order valence-electron chi connectivity index (χ0n) is 51.6. The van der Waals surface area contributed by atoms with E-state index >= 15 is 0 Å². The molecule has 0 saturated heterocycles. The Labute approximate surface area is 513 Å². The fourth-order valence-corrected chi connectivity index (χ4v) is 11.6. The largest absolute Gasteiger partial charge is 0.507 e. The molecule has 3 aromatic heterocycles. The quantitative estimate of drug-likeness (QED) is 0.118. The summed E-state index contributed by atoms with van der Waals surface area (Å²) in [6.45, 7) is 31.3. The molecule has 0 amide bonds. The molecule has 0 spiro atoms. The van der Waals surface area contributed by atoms with Gasteiger partial charge in [-0.1, -0.05) is 198 Å². The topological polar surface area (TPSA) is 63.2 Å². The van der Waals surface area contributed by atoms with E-state index in [0.717, 1.165) is 100 Å². The maximum atomic E-state index is 13.2. The van der Waals surface area contributed by atoms with E-state index in [9.17, 15) is 10.2 Å². The number of rotatable bonds is 8. The van der Waals surface area contributed by atoms with Gasteiger partial charge in [-0.05, 0) is 153 Å². The van der Waals surface area contributed by atoms with Gasteiger partial charge in [-0.15, -0.1) is 0 Å². The molecule has 5 nitrogen and oxygen atoms in total. The molecule has 6 heteroatoms. The summed E-state index contributed by atoms with van der Waals surface area (Å²) in [7, 11) is 0. The normalized spacial score (nSPS) is 12.0. The SMILES string of the molecule is Cc1cc(-c2cc(C(C)(C)C)cc(C(C)(C)C)c2)c(O)c(-c2c(-c3cccc(-c4c(-c5cc(C)cc(-c6cc(C(C)(C)C)cc(C(C)(C)C)c6)c5O)n(-c5ccccc5)c5ccccc45)n3)c3ccccc3n2-c2ccccc2)c1.[CH3-].[CH3-].[Hf]. The summed E-state index contributed by atoms with van der Waals surface area (Å²) < 4.78 is 4.59. The van der Waals surface area contributed by atoms with Crippen LogP contribution in [-0.2, 0) is 47.5 Å². The van der Waals surface area contributed by atoms with Crippen LogP contribution in [0.4, 0.5) is 0 Å². The molecule has 0 aliphatic carbocycles. The number of para-hydroxylation sites is 4. The molecule has 0 aliphatic rings. The van der Waals surface area contributed by atoms with E-state index in [4.69, 9.17) is 4.98 Å². The summed E-state index contributed by atoms with van der Waals surface area (Å²) in [5.41, 5.74) is 20.3. The Kier molecular flexibility index (Phi) is 17.0. The third-order valence-corrected chi connectivity index (χ3v) is 16.0. The van der Waals surface area contributed by atoms with Gasteiger partial charge in [0.2, 0.25) is 0 Å². The van der Waals surface area contributed by atoms with Crippen LogP contribution in [0.1, 0.15) is 116 Å². The van der Waals surface area contributed by atoms with Crippen LogP contribution in [0.2, 0.25) is 0 Å². The summed E-state index contributed by atoms with van der Waals surface area (Å²) >= 11 is 0. The van der Waals surface area contributed by atoms with E-state index in [0.29, 0.717) is 11.1 Å². The molecule has 0 bridgehead atoms. The molecule has 83 heavy (non-hydrogen) atoms. The Bertz CT molecular complexity index is 3860. The van der Waals surface area contributed by atoms with Gasteiger partial charge in [-0.2, -0.15) is 0 Å². The fourth-order valence-electron chi connectivity index (χ4n) is 11.6. The zero-order valence-corrected chi connectivity index (χ0v) is 55.2. The zero-order chi connectivity index (χ0) is 56.8. The predicted octanol–water partition coefficient (Wildman–Crippen LogP) is 21.1. The first kappa shape index (κ1) is 61.5.